The van der Waals surface area contributed by atoms with Crippen molar-refractivity contribution in [2.45, 2.75) is 38.5 Å². The van der Waals surface area contributed by atoms with Crippen molar-refractivity contribution in [3.63, 3.8) is 0 Å². The largest absolute Gasteiger partial charge is 0.481 e. The topological polar surface area (TPSA) is 61.1 Å². The van der Waals surface area contributed by atoms with Gasteiger partial charge in [0, 0.05) is 0 Å². The molecule has 1 unspecified atom stereocenters. The lowest BCUT2D eigenvalue weighted by Gasteiger charge is -2.19. The van der Waals surface area contributed by atoms with Gasteiger partial charge in [0.25, 0.3) is 0 Å². The van der Waals surface area contributed by atoms with E-state index in [-0.39, 0.29) is 40.7 Å². The summed E-state index contributed by atoms with van der Waals surface area (Å²) >= 11 is 0. The van der Waals surface area contributed by atoms with Gasteiger partial charge in [0.05, 0.1) is 28.7 Å². The molecule has 36 heavy (non-hydrogen) atoms. The number of nitrogens with zero attached hydrogens (tertiary/aromatic N) is 1. The normalized spacial score (nSPS) is 12.9. The zero-order valence-electron chi connectivity index (χ0n) is 19.2. The van der Waals surface area contributed by atoms with Crippen LogP contribution in [0.4, 0.5) is 26.3 Å². The third-order valence-electron chi connectivity index (χ3n) is 5.61. The van der Waals surface area contributed by atoms with Gasteiger partial charge in [-0.15, -0.1) is 0 Å². The van der Waals surface area contributed by atoms with E-state index in [1.807, 2.05) is 6.07 Å². The molecule has 3 rings (SSSR count). The zero-order valence-corrected chi connectivity index (χ0v) is 19.2. The van der Waals surface area contributed by atoms with Crippen LogP contribution >= 0.6 is 0 Å². The van der Waals surface area contributed by atoms with Crippen LogP contribution in [-0.2, 0) is 17.1 Å². The molecule has 0 aliphatic heterocycles. The Morgan fingerprint density at radius 2 is 1.36 bits per heavy atom. The second-order valence-corrected chi connectivity index (χ2v) is 8.85. The number of rotatable bonds is 6. The zero-order chi connectivity index (χ0) is 26.8. The number of hydrogen-bond acceptors (Lipinski definition) is 2. The van der Waals surface area contributed by atoms with Gasteiger partial charge in [-0.25, -0.2) is 0 Å². The quantitative estimate of drug-likeness (QED) is 0.344. The first kappa shape index (κ1) is 26.8. The Kier molecular flexibility index (Phi) is 7.48. The minimum atomic E-state index is -5.03. The maximum absolute atomic E-state index is 13.5. The lowest BCUT2D eigenvalue weighted by Crippen LogP contribution is -2.14. The number of aliphatic carboxylic acids is 1. The maximum Gasteiger partial charge on any atom is 0.416 e. The molecule has 0 fully saturated rings. The first-order valence-electron chi connectivity index (χ1n) is 10.9. The number of nitriles is 1. The lowest BCUT2D eigenvalue weighted by atomic mass is 9.86. The molecule has 3 aromatic rings. The SMILES string of the molecule is CC(C)CC(C(=O)O)c1cc(-c2cccc(C#N)c2)cc(-c2cc(C(F)(F)F)cc(C(F)(F)F)c2)c1. The Hall–Kier alpha value is -3.80. The first-order valence-corrected chi connectivity index (χ1v) is 10.9. The number of hydrogen-bond donors (Lipinski definition) is 1. The number of carbonyl (C=O) groups is 1. The van der Waals surface area contributed by atoms with Crippen LogP contribution in [0.25, 0.3) is 22.3 Å². The Bertz CT molecular complexity index is 1290. The van der Waals surface area contributed by atoms with Crippen molar-refractivity contribution in [3.8, 4) is 28.3 Å². The molecule has 0 amide bonds. The van der Waals surface area contributed by atoms with Crippen molar-refractivity contribution in [1.82, 2.24) is 0 Å². The predicted octanol–water partition coefficient (Wildman–Crippen LogP) is 8.14. The fourth-order valence-corrected chi connectivity index (χ4v) is 3.93. The Balaban J connectivity index is 2.34. The van der Waals surface area contributed by atoms with Crippen molar-refractivity contribution in [3.05, 3.63) is 82.9 Å². The summed E-state index contributed by atoms with van der Waals surface area (Å²) in [5.41, 5.74) is -1.95. The summed E-state index contributed by atoms with van der Waals surface area (Å²) in [7, 11) is 0. The third-order valence-corrected chi connectivity index (χ3v) is 5.61. The number of carboxylic acids is 1. The van der Waals surface area contributed by atoms with E-state index in [0.29, 0.717) is 23.3 Å². The fourth-order valence-electron chi connectivity index (χ4n) is 3.93. The van der Waals surface area contributed by atoms with Crippen LogP contribution in [0, 0.1) is 17.2 Å². The first-order chi connectivity index (χ1) is 16.7. The van der Waals surface area contributed by atoms with E-state index < -0.39 is 35.4 Å². The number of halogens is 6. The molecule has 0 saturated heterocycles. The Morgan fingerprint density at radius 3 is 1.83 bits per heavy atom. The van der Waals surface area contributed by atoms with Crippen LogP contribution in [0.5, 0.6) is 0 Å². The van der Waals surface area contributed by atoms with E-state index in [0.717, 1.165) is 0 Å². The van der Waals surface area contributed by atoms with Gasteiger partial charge in [0.2, 0.25) is 0 Å². The fraction of sp³-hybridized carbons (Fsp3) is 0.259. The molecular formula is C27H21F6NO2. The average molecular weight is 505 g/mol. The molecule has 0 aromatic heterocycles. The Labute approximate surface area is 203 Å². The highest BCUT2D eigenvalue weighted by Gasteiger charge is 2.37. The number of alkyl halides is 6. The van der Waals surface area contributed by atoms with Crippen LogP contribution in [-0.4, -0.2) is 11.1 Å². The molecule has 0 aliphatic rings. The summed E-state index contributed by atoms with van der Waals surface area (Å²) in [5, 5.41) is 19.1. The highest BCUT2D eigenvalue weighted by atomic mass is 19.4. The Morgan fingerprint density at radius 1 is 0.833 bits per heavy atom. The molecule has 3 nitrogen and oxygen atoms in total. The lowest BCUT2D eigenvalue weighted by molar-refractivity contribution is -0.143. The minimum Gasteiger partial charge on any atom is -0.481 e. The van der Waals surface area contributed by atoms with Gasteiger partial charge in [-0.1, -0.05) is 38.1 Å². The van der Waals surface area contributed by atoms with E-state index in [1.54, 1.807) is 32.0 Å². The highest BCUT2D eigenvalue weighted by Crippen LogP contribution is 2.40. The van der Waals surface area contributed by atoms with Crippen LogP contribution in [0.15, 0.2) is 60.7 Å². The number of carboxylic acid groups (broad SMARTS) is 1. The second kappa shape index (κ2) is 10.1. The molecule has 1 N–H and O–H groups in total. The van der Waals surface area contributed by atoms with Crippen LogP contribution in [0.1, 0.15) is 48.4 Å². The molecule has 3 aromatic carbocycles. The van der Waals surface area contributed by atoms with Crippen LogP contribution < -0.4 is 0 Å². The predicted molar refractivity (Wildman–Crippen MR) is 122 cm³/mol. The van der Waals surface area contributed by atoms with Gasteiger partial charge in [0.1, 0.15) is 0 Å². The van der Waals surface area contributed by atoms with Crippen molar-refractivity contribution in [2.75, 3.05) is 0 Å². The molecule has 0 spiro atoms. The summed E-state index contributed by atoms with van der Waals surface area (Å²) in [5.74, 6) is -2.26. The van der Waals surface area contributed by atoms with Crippen molar-refractivity contribution in [2.24, 2.45) is 5.92 Å². The van der Waals surface area contributed by atoms with E-state index in [4.69, 9.17) is 0 Å². The molecule has 0 bridgehead atoms. The van der Waals surface area contributed by atoms with Gasteiger partial charge < -0.3 is 5.11 Å². The highest BCUT2D eigenvalue weighted by molar-refractivity contribution is 5.81. The van der Waals surface area contributed by atoms with Gasteiger partial charge in [-0.2, -0.15) is 31.6 Å². The standard InChI is InChI=1S/C27H21F6NO2/c1-15(2)6-24(25(35)36)21-9-18(17-5-3-4-16(7-17)14-34)8-19(10-21)20-11-22(26(28,29)30)13-23(12-20)27(31,32)33/h3-5,7-13,15,24H,6H2,1-2H3,(H,35,36). The maximum atomic E-state index is 13.5. The van der Waals surface area contributed by atoms with Gasteiger partial charge in [0.15, 0.2) is 0 Å². The van der Waals surface area contributed by atoms with E-state index >= 15 is 0 Å². The summed E-state index contributed by atoms with van der Waals surface area (Å²) < 4.78 is 80.8. The molecule has 0 saturated carbocycles. The summed E-state index contributed by atoms with van der Waals surface area (Å²) in [6.07, 6.45) is -9.86. The molecular weight excluding hydrogens is 484 g/mol. The van der Waals surface area contributed by atoms with Crippen molar-refractivity contribution in [1.29, 1.82) is 5.26 Å². The average Bonchev–Trinajstić information content (AvgIpc) is 2.80. The molecule has 0 heterocycles. The summed E-state index contributed by atoms with van der Waals surface area (Å²) in [6, 6.07) is 13.7. The van der Waals surface area contributed by atoms with E-state index in [9.17, 15) is 41.5 Å². The monoisotopic (exact) mass is 505 g/mol. The minimum absolute atomic E-state index is 0.00327. The molecule has 0 aliphatic carbocycles. The summed E-state index contributed by atoms with van der Waals surface area (Å²) in [6.45, 7) is 3.61. The molecule has 0 radical (unpaired) electrons. The van der Waals surface area contributed by atoms with Crippen molar-refractivity contribution < 1.29 is 36.2 Å². The summed E-state index contributed by atoms with van der Waals surface area (Å²) in [4.78, 5) is 12.1. The molecule has 9 heteroatoms. The number of benzene rings is 3. The third kappa shape index (κ3) is 6.25. The van der Waals surface area contributed by atoms with E-state index in [2.05, 4.69) is 0 Å². The van der Waals surface area contributed by atoms with Gasteiger partial charge >= 0.3 is 18.3 Å². The van der Waals surface area contributed by atoms with Gasteiger partial charge in [-0.05, 0) is 76.6 Å². The van der Waals surface area contributed by atoms with Crippen molar-refractivity contribution >= 4 is 5.97 Å². The second-order valence-electron chi connectivity index (χ2n) is 8.85. The molecule has 188 valence electrons. The van der Waals surface area contributed by atoms with Crippen LogP contribution in [0.3, 0.4) is 0 Å². The van der Waals surface area contributed by atoms with Gasteiger partial charge in [-0.3, -0.25) is 4.79 Å². The van der Waals surface area contributed by atoms with E-state index in [1.165, 1.54) is 24.3 Å². The smallest absolute Gasteiger partial charge is 0.416 e. The molecule has 1 atom stereocenters. The van der Waals surface area contributed by atoms with Crippen LogP contribution in [0.2, 0.25) is 0 Å².